The first-order chi connectivity index (χ1) is 12.0. The van der Waals surface area contributed by atoms with Crippen LogP contribution in [0.25, 0.3) is 11.0 Å². The minimum absolute atomic E-state index is 0.187. The Hall–Kier alpha value is -3.35. The van der Waals surface area contributed by atoms with Crippen LogP contribution in [-0.2, 0) is 4.79 Å². The molecule has 0 unspecified atom stereocenters. The van der Waals surface area contributed by atoms with Crippen LogP contribution in [-0.4, -0.2) is 24.6 Å². The number of benzene rings is 1. The topological polar surface area (TPSA) is 90.7 Å². The van der Waals surface area contributed by atoms with Crippen molar-refractivity contribution in [1.29, 1.82) is 0 Å². The summed E-state index contributed by atoms with van der Waals surface area (Å²) in [5.74, 6) is 0.559. The average Bonchev–Trinajstić information content (AvgIpc) is 2.60. The van der Waals surface area contributed by atoms with Gasteiger partial charge in [-0.05, 0) is 30.7 Å². The molecule has 0 aliphatic carbocycles. The molecule has 0 saturated heterocycles. The van der Waals surface area contributed by atoms with Gasteiger partial charge >= 0.3 is 5.63 Å². The minimum atomic E-state index is -0.424. The molecule has 2 aromatic heterocycles. The first kappa shape index (κ1) is 16.5. The van der Waals surface area contributed by atoms with Crippen LogP contribution >= 0.6 is 0 Å². The molecule has 128 valence electrons. The fraction of sp³-hybridized carbons (Fsp3) is 0.167. The Balaban J connectivity index is 1.65. The summed E-state index contributed by atoms with van der Waals surface area (Å²) in [5.41, 5.74) is 1.35. The zero-order chi connectivity index (χ0) is 17.8. The maximum atomic E-state index is 11.9. The molecule has 1 N–H and O–H groups in total. The van der Waals surface area contributed by atoms with Crippen molar-refractivity contribution in [3.05, 3.63) is 58.6 Å². The van der Waals surface area contributed by atoms with Crippen LogP contribution in [0, 0.1) is 6.92 Å². The summed E-state index contributed by atoms with van der Waals surface area (Å²) < 4.78 is 15.6. The maximum absolute atomic E-state index is 11.9. The molecule has 0 saturated carbocycles. The van der Waals surface area contributed by atoms with Crippen LogP contribution in [0.15, 0.2) is 51.8 Å². The van der Waals surface area contributed by atoms with Crippen LogP contribution in [0.4, 0.5) is 5.69 Å². The van der Waals surface area contributed by atoms with Crippen molar-refractivity contribution < 1.29 is 18.7 Å². The van der Waals surface area contributed by atoms with Crippen LogP contribution in [0.5, 0.6) is 11.6 Å². The minimum Gasteiger partial charge on any atom is -0.484 e. The highest BCUT2D eigenvalue weighted by atomic mass is 16.5. The number of aryl methyl sites for hydroxylation is 1. The van der Waals surface area contributed by atoms with E-state index in [-0.39, 0.29) is 12.5 Å². The van der Waals surface area contributed by atoms with Crippen molar-refractivity contribution >= 4 is 22.6 Å². The number of nitrogens with zero attached hydrogens (tertiary/aromatic N) is 1. The second-order valence-electron chi connectivity index (χ2n) is 5.33. The third-order valence-electron chi connectivity index (χ3n) is 3.52. The number of fused-ring (bicyclic) bond motifs is 1. The molecule has 2 heterocycles. The smallest absolute Gasteiger partial charge is 0.336 e. The fourth-order valence-corrected chi connectivity index (χ4v) is 2.32. The van der Waals surface area contributed by atoms with Gasteiger partial charge in [0, 0.05) is 23.6 Å². The Bertz CT molecular complexity index is 963. The molecule has 1 aromatic carbocycles. The van der Waals surface area contributed by atoms with Gasteiger partial charge < -0.3 is 19.2 Å². The number of hydrogen-bond acceptors (Lipinski definition) is 6. The Morgan fingerprint density at radius 1 is 1.24 bits per heavy atom. The molecular formula is C18H16N2O5. The number of rotatable bonds is 5. The van der Waals surface area contributed by atoms with E-state index in [1.54, 1.807) is 30.3 Å². The molecule has 0 radical (unpaired) electrons. The summed E-state index contributed by atoms with van der Waals surface area (Å²) in [6.07, 6.45) is 1.49. The highest BCUT2D eigenvalue weighted by molar-refractivity contribution is 5.91. The van der Waals surface area contributed by atoms with Gasteiger partial charge in [0.25, 0.3) is 5.91 Å². The SMILES string of the molecule is COc1ccc(NC(=O)COc2ccc3c(C)cc(=O)oc3c2)cn1. The van der Waals surface area contributed by atoms with Crippen molar-refractivity contribution in [1.82, 2.24) is 4.98 Å². The molecule has 3 aromatic rings. The van der Waals surface area contributed by atoms with E-state index in [0.29, 0.717) is 22.9 Å². The van der Waals surface area contributed by atoms with Crippen LogP contribution < -0.4 is 20.4 Å². The summed E-state index contributed by atoms with van der Waals surface area (Å²) in [7, 11) is 1.52. The number of hydrogen-bond donors (Lipinski definition) is 1. The van der Waals surface area contributed by atoms with Gasteiger partial charge in [0.05, 0.1) is 19.0 Å². The van der Waals surface area contributed by atoms with E-state index in [0.717, 1.165) is 10.9 Å². The Labute approximate surface area is 143 Å². The van der Waals surface area contributed by atoms with Gasteiger partial charge in [-0.25, -0.2) is 9.78 Å². The van der Waals surface area contributed by atoms with Crippen molar-refractivity contribution in [3.8, 4) is 11.6 Å². The van der Waals surface area contributed by atoms with Gasteiger partial charge in [-0.2, -0.15) is 0 Å². The first-order valence-electron chi connectivity index (χ1n) is 7.52. The standard InChI is InChI=1S/C18H16N2O5/c1-11-7-18(22)25-15-8-13(4-5-14(11)15)24-10-16(21)20-12-3-6-17(23-2)19-9-12/h3-9H,10H2,1-2H3,(H,20,21). The van der Waals surface area contributed by atoms with Gasteiger partial charge in [0.15, 0.2) is 6.61 Å². The number of methoxy groups -OCH3 is 1. The van der Waals surface area contributed by atoms with Gasteiger partial charge in [-0.3, -0.25) is 4.79 Å². The van der Waals surface area contributed by atoms with E-state index in [4.69, 9.17) is 13.9 Å². The number of aromatic nitrogens is 1. The normalized spacial score (nSPS) is 10.5. The number of nitrogens with one attached hydrogen (secondary N) is 1. The molecule has 0 atom stereocenters. The molecule has 1 amide bonds. The molecule has 3 rings (SSSR count). The molecule has 7 heteroatoms. The third kappa shape index (κ3) is 3.95. The second-order valence-corrected chi connectivity index (χ2v) is 5.33. The zero-order valence-corrected chi connectivity index (χ0v) is 13.7. The zero-order valence-electron chi connectivity index (χ0n) is 13.7. The van der Waals surface area contributed by atoms with E-state index in [1.807, 2.05) is 6.92 Å². The largest absolute Gasteiger partial charge is 0.484 e. The predicted molar refractivity (Wildman–Crippen MR) is 92.1 cm³/mol. The number of carbonyl (C=O) groups excluding carboxylic acids is 1. The molecule has 0 aliphatic rings. The maximum Gasteiger partial charge on any atom is 0.336 e. The van der Waals surface area contributed by atoms with Gasteiger partial charge in [-0.1, -0.05) is 0 Å². The quantitative estimate of drug-likeness (QED) is 0.718. The Morgan fingerprint density at radius 2 is 2.08 bits per heavy atom. The van der Waals surface area contributed by atoms with E-state index >= 15 is 0 Å². The second kappa shape index (κ2) is 7.04. The summed E-state index contributed by atoms with van der Waals surface area (Å²) in [6.45, 7) is 1.64. The monoisotopic (exact) mass is 340 g/mol. The van der Waals surface area contributed by atoms with E-state index in [2.05, 4.69) is 10.3 Å². The molecule has 0 fully saturated rings. The lowest BCUT2D eigenvalue weighted by molar-refractivity contribution is -0.118. The number of ether oxygens (including phenoxy) is 2. The molecule has 0 spiro atoms. The van der Waals surface area contributed by atoms with Crippen LogP contribution in [0.2, 0.25) is 0 Å². The first-order valence-corrected chi connectivity index (χ1v) is 7.52. The number of anilines is 1. The third-order valence-corrected chi connectivity index (χ3v) is 3.52. The highest BCUT2D eigenvalue weighted by Gasteiger charge is 2.07. The van der Waals surface area contributed by atoms with Crippen molar-refractivity contribution in [2.45, 2.75) is 6.92 Å². The van der Waals surface area contributed by atoms with Gasteiger partial charge in [-0.15, -0.1) is 0 Å². The predicted octanol–water partition coefficient (Wildman–Crippen LogP) is 2.52. The molecule has 0 aliphatic heterocycles. The molecule has 0 bridgehead atoms. The number of pyridine rings is 1. The van der Waals surface area contributed by atoms with E-state index in [9.17, 15) is 9.59 Å². The average molecular weight is 340 g/mol. The lowest BCUT2D eigenvalue weighted by Crippen LogP contribution is -2.20. The van der Waals surface area contributed by atoms with E-state index in [1.165, 1.54) is 19.4 Å². The van der Waals surface area contributed by atoms with Gasteiger partial charge in [0.2, 0.25) is 5.88 Å². The molecule has 7 nitrogen and oxygen atoms in total. The van der Waals surface area contributed by atoms with Crippen molar-refractivity contribution in [2.24, 2.45) is 0 Å². The summed E-state index contributed by atoms with van der Waals surface area (Å²) >= 11 is 0. The molecule has 25 heavy (non-hydrogen) atoms. The van der Waals surface area contributed by atoms with Crippen molar-refractivity contribution in [2.75, 3.05) is 19.0 Å². The summed E-state index contributed by atoms with van der Waals surface area (Å²) in [4.78, 5) is 27.4. The lowest BCUT2D eigenvalue weighted by Gasteiger charge is -2.08. The van der Waals surface area contributed by atoms with Crippen LogP contribution in [0.1, 0.15) is 5.56 Å². The van der Waals surface area contributed by atoms with Crippen molar-refractivity contribution in [3.63, 3.8) is 0 Å². The van der Waals surface area contributed by atoms with Gasteiger partial charge in [0.1, 0.15) is 11.3 Å². The van der Waals surface area contributed by atoms with Crippen LogP contribution in [0.3, 0.4) is 0 Å². The Morgan fingerprint density at radius 3 is 2.80 bits per heavy atom. The molecular weight excluding hydrogens is 324 g/mol. The summed E-state index contributed by atoms with van der Waals surface area (Å²) in [6, 6.07) is 9.85. The lowest BCUT2D eigenvalue weighted by atomic mass is 10.1. The number of amides is 1. The highest BCUT2D eigenvalue weighted by Crippen LogP contribution is 2.22. The summed E-state index contributed by atoms with van der Waals surface area (Å²) in [5, 5.41) is 3.48. The van der Waals surface area contributed by atoms with E-state index < -0.39 is 5.63 Å². The fourth-order valence-electron chi connectivity index (χ4n) is 2.32. The Kier molecular flexibility index (Phi) is 4.65. The number of carbonyl (C=O) groups is 1.